The summed E-state index contributed by atoms with van der Waals surface area (Å²) in [6, 6.07) is 0.655. The molecule has 2 rings (SSSR count). The van der Waals surface area contributed by atoms with Crippen LogP contribution in [0.3, 0.4) is 0 Å². The molecule has 2 N–H and O–H groups in total. The fourth-order valence-electron chi connectivity index (χ4n) is 3.33. The monoisotopic (exact) mass is 304 g/mol. The van der Waals surface area contributed by atoms with Crippen molar-refractivity contribution >= 4 is 18.3 Å². The van der Waals surface area contributed by atoms with Crippen molar-refractivity contribution in [3.8, 4) is 0 Å². The minimum Gasteiger partial charge on any atom is -0.382 e. The highest BCUT2D eigenvalue weighted by atomic mass is 35.5. The van der Waals surface area contributed by atoms with E-state index in [0.717, 1.165) is 44.9 Å². The molecule has 2 aliphatic rings. The molecule has 1 amide bonds. The van der Waals surface area contributed by atoms with Crippen molar-refractivity contribution in [1.29, 1.82) is 0 Å². The largest absolute Gasteiger partial charge is 0.382 e. The Labute approximate surface area is 128 Å². The summed E-state index contributed by atoms with van der Waals surface area (Å²) in [4.78, 5) is 12.1. The van der Waals surface area contributed by atoms with Crippen LogP contribution in [0, 0.1) is 5.92 Å². The van der Waals surface area contributed by atoms with Gasteiger partial charge in [-0.3, -0.25) is 4.79 Å². The number of ether oxygens (including phenoxy) is 1. The first-order valence-corrected chi connectivity index (χ1v) is 7.92. The number of unbranched alkanes of at least 4 members (excludes halogenated alkanes) is 1. The number of fused-ring (bicyclic) bond motifs is 1. The van der Waals surface area contributed by atoms with Crippen LogP contribution in [-0.2, 0) is 9.53 Å². The SMILES string of the molecule is CCOCCCCNC(=O)C1CC2CCCCC2N1.Cl. The van der Waals surface area contributed by atoms with Gasteiger partial charge in [0.2, 0.25) is 5.91 Å². The number of rotatable bonds is 7. The van der Waals surface area contributed by atoms with E-state index < -0.39 is 0 Å². The Morgan fingerprint density at radius 2 is 2.10 bits per heavy atom. The van der Waals surface area contributed by atoms with Gasteiger partial charge in [0.1, 0.15) is 0 Å². The van der Waals surface area contributed by atoms with E-state index in [1.165, 1.54) is 25.7 Å². The molecule has 0 spiro atoms. The Morgan fingerprint density at radius 3 is 2.85 bits per heavy atom. The molecule has 2 fully saturated rings. The summed E-state index contributed by atoms with van der Waals surface area (Å²) in [5.41, 5.74) is 0. The molecule has 4 nitrogen and oxygen atoms in total. The number of carbonyl (C=O) groups is 1. The second kappa shape index (κ2) is 9.59. The lowest BCUT2D eigenvalue weighted by Crippen LogP contribution is -2.43. The van der Waals surface area contributed by atoms with Gasteiger partial charge in [-0.2, -0.15) is 0 Å². The smallest absolute Gasteiger partial charge is 0.237 e. The molecular formula is C15H29ClN2O2. The lowest BCUT2D eigenvalue weighted by atomic mass is 9.85. The Kier molecular flexibility index (Phi) is 8.50. The normalized spacial score (nSPS) is 28.6. The molecule has 0 aromatic heterocycles. The molecule has 1 saturated carbocycles. The van der Waals surface area contributed by atoms with E-state index in [0.29, 0.717) is 6.04 Å². The van der Waals surface area contributed by atoms with Gasteiger partial charge in [0.15, 0.2) is 0 Å². The van der Waals surface area contributed by atoms with Crippen LogP contribution in [0.15, 0.2) is 0 Å². The van der Waals surface area contributed by atoms with Gasteiger partial charge in [0.25, 0.3) is 0 Å². The predicted octanol–water partition coefficient (Wildman–Crippen LogP) is 2.26. The second-order valence-electron chi connectivity index (χ2n) is 5.80. The van der Waals surface area contributed by atoms with Gasteiger partial charge >= 0.3 is 0 Å². The summed E-state index contributed by atoms with van der Waals surface area (Å²) in [6.07, 6.45) is 8.28. The third kappa shape index (κ3) is 5.23. The third-order valence-corrected chi connectivity index (χ3v) is 4.40. The molecule has 0 radical (unpaired) electrons. The van der Waals surface area contributed by atoms with Crippen LogP contribution in [-0.4, -0.2) is 37.7 Å². The van der Waals surface area contributed by atoms with E-state index in [2.05, 4.69) is 10.6 Å². The van der Waals surface area contributed by atoms with E-state index in [9.17, 15) is 4.79 Å². The number of hydrogen-bond acceptors (Lipinski definition) is 3. The van der Waals surface area contributed by atoms with Crippen LogP contribution in [0.1, 0.15) is 51.9 Å². The van der Waals surface area contributed by atoms with Crippen molar-refractivity contribution in [2.24, 2.45) is 5.92 Å². The number of amides is 1. The van der Waals surface area contributed by atoms with Gasteiger partial charge in [0, 0.05) is 25.8 Å². The number of carbonyl (C=O) groups excluding carboxylic acids is 1. The fraction of sp³-hybridized carbons (Fsp3) is 0.933. The summed E-state index contributed by atoms with van der Waals surface area (Å²) in [5.74, 6) is 0.938. The molecule has 118 valence electrons. The van der Waals surface area contributed by atoms with Crippen molar-refractivity contribution in [2.45, 2.75) is 64.0 Å². The van der Waals surface area contributed by atoms with Crippen LogP contribution in [0.25, 0.3) is 0 Å². The van der Waals surface area contributed by atoms with Crippen molar-refractivity contribution in [1.82, 2.24) is 10.6 Å². The van der Waals surface area contributed by atoms with Gasteiger partial charge in [-0.1, -0.05) is 12.8 Å². The second-order valence-corrected chi connectivity index (χ2v) is 5.80. The minimum absolute atomic E-state index is 0. The maximum Gasteiger partial charge on any atom is 0.237 e. The summed E-state index contributed by atoms with van der Waals surface area (Å²) in [7, 11) is 0. The van der Waals surface area contributed by atoms with Crippen molar-refractivity contribution in [3.63, 3.8) is 0 Å². The van der Waals surface area contributed by atoms with Crippen molar-refractivity contribution < 1.29 is 9.53 Å². The highest BCUT2D eigenvalue weighted by Crippen LogP contribution is 2.33. The van der Waals surface area contributed by atoms with E-state index in [1.54, 1.807) is 0 Å². The fourth-order valence-corrected chi connectivity index (χ4v) is 3.33. The third-order valence-electron chi connectivity index (χ3n) is 4.40. The number of halogens is 1. The summed E-state index contributed by atoms with van der Waals surface area (Å²) in [5, 5.41) is 6.57. The zero-order chi connectivity index (χ0) is 13.5. The topological polar surface area (TPSA) is 50.4 Å². The molecule has 1 saturated heterocycles. The Bertz CT molecular complexity index is 275. The predicted molar refractivity (Wildman–Crippen MR) is 83.3 cm³/mol. The molecule has 1 aliphatic heterocycles. The first-order valence-electron chi connectivity index (χ1n) is 7.92. The van der Waals surface area contributed by atoms with Crippen LogP contribution in [0.4, 0.5) is 0 Å². The van der Waals surface area contributed by atoms with Gasteiger partial charge in [-0.05, 0) is 44.9 Å². The number of nitrogens with one attached hydrogen (secondary N) is 2. The lowest BCUT2D eigenvalue weighted by molar-refractivity contribution is -0.122. The van der Waals surface area contributed by atoms with Gasteiger partial charge in [-0.25, -0.2) is 0 Å². The Hall–Kier alpha value is -0.320. The molecule has 0 aromatic carbocycles. The molecule has 20 heavy (non-hydrogen) atoms. The lowest BCUT2D eigenvalue weighted by Gasteiger charge is -2.24. The van der Waals surface area contributed by atoms with Gasteiger partial charge in [-0.15, -0.1) is 12.4 Å². The molecule has 1 heterocycles. The van der Waals surface area contributed by atoms with E-state index in [-0.39, 0.29) is 24.4 Å². The molecule has 5 heteroatoms. The highest BCUT2D eigenvalue weighted by molar-refractivity contribution is 5.85. The van der Waals surface area contributed by atoms with Crippen LogP contribution >= 0.6 is 12.4 Å². The number of hydrogen-bond donors (Lipinski definition) is 2. The minimum atomic E-state index is 0. The van der Waals surface area contributed by atoms with E-state index >= 15 is 0 Å². The van der Waals surface area contributed by atoms with Crippen LogP contribution in [0.2, 0.25) is 0 Å². The van der Waals surface area contributed by atoms with E-state index in [1.807, 2.05) is 6.92 Å². The average molecular weight is 305 g/mol. The van der Waals surface area contributed by atoms with Gasteiger partial charge < -0.3 is 15.4 Å². The quantitative estimate of drug-likeness (QED) is 0.709. The zero-order valence-electron chi connectivity index (χ0n) is 12.5. The summed E-state index contributed by atoms with van der Waals surface area (Å²) in [6.45, 7) is 4.37. The maximum atomic E-state index is 12.1. The summed E-state index contributed by atoms with van der Waals surface area (Å²) >= 11 is 0. The maximum absolute atomic E-state index is 12.1. The molecule has 0 bridgehead atoms. The molecule has 1 aliphatic carbocycles. The molecule has 0 aromatic rings. The standard InChI is InChI=1S/C15H28N2O2.ClH/c1-2-19-10-6-5-9-16-15(18)14-11-12-7-3-4-8-13(12)17-14;/h12-14,17H,2-11H2,1H3,(H,16,18);1H. The Balaban J connectivity index is 0.00000200. The first-order chi connectivity index (χ1) is 9.31. The van der Waals surface area contributed by atoms with Crippen LogP contribution in [0.5, 0.6) is 0 Å². The van der Waals surface area contributed by atoms with Gasteiger partial charge in [0.05, 0.1) is 6.04 Å². The summed E-state index contributed by atoms with van der Waals surface area (Å²) < 4.78 is 5.28. The first kappa shape index (κ1) is 17.7. The van der Waals surface area contributed by atoms with Crippen LogP contribution < -0.4 is 10.6 Å². The molecular weight excluding hydrogens is 276 g/mol. The molecule has 3 unspecified atom stereocenters. The van der Waals surface area contributed by atoms with Crippen molar-refractivity contribution in [2.75, 3.05) is 19.8 Å². The Morgan fingerprint density at radius 1 is 1.30 bits per heavy atom. The zero-order valence-corrected chi connectivity index (χ0v) is 13.3. The van der Waals surface area contributed by atoms with Crippen molar-refractivity contribution in [3.05, 3.63) is 0 Å². The van der Waals surface area contributed by atoms with E-state index in [4.69, 9.17) is 4.74 Å². The molecule has 3 atom stereocenters. The highest BCUT2D eigenvalue weighted by Gasteiger charge is 2.37. The average Bonchev–Trinajstić information content (AvgIpc) is 2.86.